The molecule has 2 unspecified atom stereocenters. The van der Waals surface area contributed by atoms with Crippen LogP contribution in [0.5, 0.6) is 0 Å². The van der Waals surface area contributed by atoms with E-state index < -0.39 is 0 Å². The lowest BCUT2D eigenvalue weighted by Crippen LogP contribution is -2.35. The van der Waals surface area contributed by atoms with Crippen LogP contribution in [0.1, 0.15) is 0 Å². The number of anilines is 1. The van der Waals surface area contributed by atoms with E-state index in [1.807, 2.05) is 30.4 Å². The zero-order valence-corrected chi connectivity index (χ0v) is 8.80. The van der Waals surface area contributed by atoms with E-state index in [4.69, 9.17) is 11.5 Å². The van der Waals surface area contributed by atoms with Gasteiger partial charge in [0.2, 0.25) is 0 Å². The number of nitrogens with zero attached hydrogens (tertiary/aromatic N) is 1. The third kappa shape index (κ3) is 1.41. The number of benzene rings is 1. The molecule has 4 N–H and O–H groups in total. The van der Waals surface area contributed by atoms with Gasteiger partial charge in [-0.05, 0) is 29.5 Å². The van der Waals surface area contributed by atoms with Crippen LogP contribution in [0, 0.1) is 5.92 Å². The van der Waals surface area contributed by atoms with E-state index in [0.717, 1.165) is 22.0 Å². The van der Waals surface area contributed by atoms with Crippen molar-refractivity contribution in [2.45, 2.75) is 6.04 Å². The molecule has 0 fully saturated rings. The molecule has 1 heterocycles. The zero-order chi connectivity index (χ0) is 11.1. The summed E-state index contributed by atoms with van der Waals surface area (Å²) in [5.41, 5.74) is 13.0. The van der Waals surface area contributed by atoms with Crippen LogP contribution in [-0.4, -0.2) is 6.04 Å². The minimum atomic E-state index is 0.124. The summed E-state index contributed by atoms with van der Waals surface area (Å²) in [6, 6.07) is 5.95. The molecule has 1 aliphatic heterocycles. The Bertz CT molecular complexity index is 611. The fourth-order valence-electron chi connectivity index (χ4n) is 2.16. The van der Waals surface area contributed by atoms with Gasteiger partial charge in [-0.1, -0.05) is 18.2 Å². The van der Waals surface area contributed by atoms with Crippen molar-refractivity contribution in [1.29, 1.82) is 0 Å². The Balaban J connectivity index is 2.21. The maximum absolute atomic E-state index is 5.77. The number of hydrogen-bond acceptors (Lipinski definition) is 3. The predicted molar refractivity (Wildman–Crippen MR) is 64.8 cm³/mol. The van der Waals surface area contributed by atoms with Gasteiger partial charge in [0, 0.05) is 17.3 Å². The Morgan fingerprint density at radius 1 is 1.12 bits per heavy atom. The SMILES string of the molecule is NC1=CC2N=c3cc(N)ccc3=CC2C=C1. The molecule has 3 nitrogen and oxygen atoms in total. The smallest absolute Gasteiger partial charge is 0.0807 e. The number of allylic oxidation sites excluding steroid dienone is 1. The molecule has 0 radical (unpaired) electrons. The van der Waals surface area contributed by atoms with Crippen LogP contribution < -0.4 is 22.0 Å². The minimum absolute atomic E-state index is 0.124. The Morgan fingerprint density at radius 3 is 2.88 bits per heavy atom. The second-order valence-electron chi connectivity index (χ2n) is 4.21. The summed E-state index contributed by atoms with van der Waals surface area (Å²) < 4.78 is 0. The normalized spacial score (nSPS) is 25.9. The van der Waals surface area contributed by atoms with Gasteiger partial charge < -0.3 is 11.5 Å². The largest absolute Gasteiger partial charge is 0.399 e. The molecule has 0 bridgehead atoms. The van der Waals surface area contributed by atoms with Gasteiger partial charge in [-0.25, -0.2) is 0 Å². The van der Waals surface area contributed by atoms with Gasteiger partial charge in [0.25, 0.3) is 0 Å². The van der Waals surface area contributed by atoms with Crippen LogP contribution in [0.4, 0.5) is 5.69 Å². The van der Waals surface area contributed by atoms with E-state index in [1.165, 1.54) is 0 Å². The van der Waals surface area contributed by atoms with Gasteiger partial charge in [0.1, 0.15) is 0 Å². The van der Waals surface area contributed by atoms with Crippen LogP contribution in [0.3, 0.4) is 0 Å². The molecule has 3 heteroatoms. The molecule has 2 aliphatic rings. The van der Waals surface area contributed by atoms with E-state index in [9.17, 15) is 0 Å². The van der Waals surface area contributed by atoms with Crippen LogP contribution in [0.25, 0.3) is 6.08 Å². The van der Waals surface area contributed by atoms with Crippen LogP contribution >= 0.6 is 0 Å². The molecule has 3 rings (SSSR count). The highest BCUT2D eigenvalue weighted by Crippen LogP contribution is 2.20. The Labute approximate surface area is 93.5 Å². The molecule has 0 saturated carbocycles. The van der Waals surface area contributed by atoms with Gasteiger partial charge >= 0.3 is 0 Å². The van der Waals surface area contributed by atoms with E-state index in [2.05, 4.69) is 17.1 Å². The molecule has 0 saturated heterocycles. The number of nitrogen functional groups attached to an aromatic ring is 1. The molecule has 1 aliphatic carbocycles. The van der Waals surface area contributed by atoms with Crippen LogP contribution in [0.15, 0.2) is 47.1 Å². The van der Waals surface area contributed by atoms with Crippen molar-refractivity contribution in [3.05, 3.63) is 52.7 Å². The van der Waals surface area contributed by atoms with Crippen molar-refractivity contribution in [2.24, 2.45) is 16.6 Å². The summed E-state index contributed by atoms with van der Waals surface area (Å²) in [6.45, 7) is 0. The Hall–Kier alpha value is -2.03. The van der Waals surface area contributed by atoms with Crippen molar-refractivity contribution in [2.75, 3.05) is 5.73 Å². The molecular weight excluding hydrogens is 198 g/mol. The summed E-state index contributed by atoms with van der Waals surface area (Å²) in [5, 5.41) is 2.11. The zero-order valence-electron chi connectivity index (χ0n) is 8.80. The quantitative estimate of drug-likeness (QED) is 0.597. The highest BCUT2D eigenvalue weighted by atomic mass is 14.8. The minimum Gasteiger partial charge on any atom is -0.399 e. The topological polar surface area (TPSA) is 64.4 Å². The monoisotopic (exact) mass is 211 g/mol. The number of hydrogen-bond donors (Lipinski definition) is 2. The molecule has 16 heavy (non-hydrogen) atoms. The van der Waals surface area contributed by atoms with E-state index in [0.29, 0.717) is 5.92 Å². The molecular formula is C13H13N3. The number of rotatable bonds is 0. The van der Waals surface area contributed by atoms with Crippen molar-refractivity contribution >= 4 is 11.8 Å². The molecule has 80 valence electrons. The molecule has 0 amide bonds. The van der Waals surface area contributed by atoms with Gasteiger partial charge in [0.05, 0.1) is 11.4 Å². The fraction of sp³-hybridized carbons (Fsp3) is 0.154. The van der Waals surface area contributed by atoms with Gasteiger partial charge in [-0.2, -0.15) is 0 Å². The first-order chi connectivity index (χ1) is 7.72. The highest BCUT2D eigenvalue weighted by molar-refractivity contribution is 5.45. The predicted octanol–water partition coefficient (Wildman–Crippen LogP) is 0.0797. The fourth-order valence-corrected chi connectivity index (χ4v) is 2.16. The number of fused-ring (bicyclic) bond motifs is 2. The van der Waals surface area contributed by atoms with Crippen LogP contribution in [0.2, 0.25) is 0 Å². The highest BCUT2D eigenvalue weighted by Gasteiger charge is 2.19. The van der Waals surface area contributed by atoms with Crippen molar-refractivity contribution in [3.63, 3.8) is 0 Å². The summed E-state index contributed by atoms with van der Waals surface area (Å²) in [4.78, 5) is 4.66. The lowest BCUT2D eigenvalue weighted by molar-refractivity contribution is 0.676. The lowest BCUT2D eigenvalue weighted by Gasteiger charge is -2.21. The molecule has 1 aromatic carbocycles. The van der Waals surface area contributed by atoms with E-state index in [1.54, 1.807) is 0 Å². The summed E-state index contributed by atoms with van der Waals surface area (Å²) in [6.07, 6.45) is 8.25. The first kappa shape index (κ1) is 9.21. The molecule has 0 spiro atoms. The lowest BCUT2D eigenvalue weighted by atomic mass is 9.91. The third-order valence-corrected chi connectivity index (χ3v) is 2.98. The maximum Gasteiger partial charge on any atom is 0.0807 e. The van der Waals surface area contributed by atoms with Gasteiger partial charge in [-0.15, -0.1) is 0 Å². The van der Waals surface area contributed by atoms with Crippen molar-refractivity contribution < 1.29 is 0 Å². The van der Waals surface area contributed by atoms with Crippen molar-refractivity contribution in [1.82, 2.24) is 0 Å². The van der Waals surface area contributed by atoms with E-state index >= 15 is 0 Å². The molecule has 0 aromatic heterocycles. The summed E-state index contributed by atoms with van der Waals surface area (Å²) in [5.74, 6) is 0.323. The number of nitrogens with two attached hydrogens (primary N) is 2. The standard InChI is InChI=1S/C13H13N3/c14-10-3-1-8-5-9-2-4-11(15)7-13(9)16-12(8)6-10/h1-8,12H,14-15H2. The average Bonchev–Trinajstić information content (AvgIpc) is 2.26. The second kappa shape index (κ2) is 3.23. The molecule has 2 atom stereocenters. The van der Waals surface area contributed by atoms with E-state index in [-0.39, 0.29) is 6.04 Å². The van der Waals surface area contributed by atoms with Gasteiger partial charge in [0.15, 0.2) is 0 Å². The van der Waals surface area contributed by atoms with Crippen LogP contribution in [-0.2, 0) is 0 Å². The average molecular weight is 211 g/mol. The first-order valence-corrected chi connectivity index (χ1v) is 5.33. The van der Waals surface area contributed by atoms with Crippen molar-refractivity contribution in [3.8, 4) is 0 Å². The molecule has 1 aromatic rings. The second-order valence-corrected chi connectivity index (χ2v) is 4.21. The van der Waals surface area contributed by atoms with Gasteiger partial charge in [-0.3, -0.25) is 4.99 Å². The first-order valence-electron chi connectivity index (χ1n) is 5.33. The Kier molecular flexibility index (Phi) is 1.86. The summed E-state index contributed by atoms with van der Waals surface area (Å²) >= 11 is 0. The maximum atomic E-state index is 5.77. The Morgan fingerprint density at radius 2 is 2.00 bits per heavy atom. The third-order valence-electron chi connectivity index (χ3n) is 2.98. The summed E-state index contributed by atoms with van der Waals surface area (Å²) in [7, 11) is 0.